The van der Waals surface area contributed by atoms with Crippen molar-refractivity contribution in [3.05, 3.63) is 105 Å². The van der Waals surface area contributed by atoms with Crippen LogP contribution in [0.15, 0.2) is 72.8 Å². The number of amides is 1. The fraction of sp³-hybridized carbons (Fsp3) is 0.160. The van der Waals surface area contributed by atoms with Crippen molar-refractivity contribution >= 4 is 29.2 Å². The Labute approximate surface area is 174 Å². The quantitative estimate of drug-likeness (QED) is 0.732. The smallest absolute Gasteiger partial charge is 0.254 e. The second kappa shape index (κ2) is 6.87. The van der Waals surface area contributed by atoms with E-state index in [1.165, 1.54) is 0 Å². The van der Waals surface area contributed by atoms with Crippen LogP contribution in [0.2, 0.25) is 5.02 Å². The Morgan fingerprint density at radius 1 is 0.966 bits per heavy atom. The van der Waals surface area contributed by atoms with Crippen LogP contribution in [0, 0.1) is 0 Å². The van der Waals surface area contributed by atoms with Gasteiger partial charge < -0.3 is 10.0 Å². The van der Waals surface area contributed by atoms with E-state index in [0.29, 0.717) is 24.5 Å². The van der Waals surface area contributed by atoms with Gasteiger partial charge in [-0.2, -0.15) is 0 Å². The highest BCUT2D eigenvalue weighted by molar-refractivity contribution is 6.30. The number of carbonyl (C=O) groups is 1. The lowest BCUT2D eigenvalue weighted by Gasteiger charge is -2.31. The SMILES string of the molecule is O=C1c2ccccc2CN1CC1=c2ccccc2=CC(O)(c2ccc(Cl)cc2)C1. The predicted octanol–water partition coefficient (Wildman–Crippen LogP) is 3.22. The summed E-state index contributed by atoms with van der Waals surface area (Å²) < 4.78 is 0. The molecular formula is C25H20ClNO2. The van der Waals surface area contributed by atoms with Crippen molar-refractivity contribution in [1.29, 1.82) is 0 Å². The fourth-order valence-corrected chi connectivity index (χ4v) is 4.54. The highest BCUT2D eigenvalue weighted by atomic mass is 35.5. The zero-order valence-corrected chi connectivity index (χ0v) is 16.6. The van der Waals surface area contributed by atoms with Crippen molar-refractivity contribution in [2.45, 2.75) is 18.6 Å². The summed E-state index contributed by atoms with van der Waals surface area (Å²) in [5.41, 5.74) is 2.55. The van der Waals surface area contributed by atoms with E-state index >= 15 is 0 Å². The average molecular weight is 402 g/mol. The third-order valence-corrected chi connectivity index (χ3v) is 6.09. The van der Waals surface area contributed by atoms with E-state index in [1.807, 2.05) is 65.6 Å². The van der Waals surface area contributed by atoms with Gasteiger partial charge in [-0.3, -0.25) is 4.79 Å². The molecule has 3 nitrogen and oxygen atoms in total. The highest BCUT2D eigenvalue weighted by Crippen LogP contribution is 2.34. The molecule has 1 aliphatic heterocycles. The summed E-state index contributed by atoms with van der Waals surface area (Å²) in [6, 6.07) is 23.1. The summed E-state index contributed by atoms with van der Waals surface area (Å²) in [5, 5.41) is 14.3. The first kappa shape index (κ1) is 18.2. The molecular weight excluding hydrogens is 382 g/mol. The Balaban J connectivity index is 1.55. The number of benzene rings is 3. The second-order valence-corrected chi connectivity index (χ2v) is 8.20. The molecule has 1 aliphatic carbocycles. The zero-order chi connectivity index (χ0) is 20.0. The molecule has 1 amide bonds. The molecule has 29 heavy (non-hydrogen) atoms. The van der Waals surface area contributed by atoms with Crippen LogP contribution in [-0.2, 0) is 12.1 Å². The van der Waals surface area contributed by atoms with Gasteiger partial charge in [-0.25, -0.2) is 0 Å². The minimum atomic E-state index is -1.14. The second-order valence-electron chi connectivity index (χ2n) is 7.76. The largest absolute Gasteiger partial charge is 0.381 e. The molecule has 1 N–H and O–H groups in total. The molecule has 0 saturated carbocycles. The Kier molecular flexibility index (Phi) is 4.30. The van der Waals surface area contributed by atoms with Gasteiger partial charge in [0.1, 0.15) is 5.60 Å². The number of halogens is 1. The summed E-state index contributed by atoms with van der Waals surface area (Å²) >= 11 is 6.04. The van der Waals surface area contributed by atoms with Gasteiger partial charge in [0, 0.05) is 30.1 Å². The standard InChI is InChI=1S/C25H20ClNO2/c26-21-11-9-20(10-12-21)25(29)13-17-5-1-3-7-22(17)19(14-25)16-27-15-18-6-2-4-8-23(18)24(27)28/h1-13,29H,14-16H2. The lowest BCUT2D eigenvalue weighted by atomic mass is 9.82. The normalized spacial score (nSPS) is 20.3. The van der Waals surface area contributed by atoms with Crippen molar-refractivity contribution in [3.8, 4) is 0 Å². The summed E-state index contributed by atoms with van der Waals surface area (Å²) in [5.74, 6) is 0.0511. The van der Waals surface area contributed by atoms with E-state index in [9.17, 15) is 9.90 Å². The summed E-state index contributed by atoms with van der Waals surface area (Å²) in [4.78, 5) is 14.7. The molecule has 5 rings (SSSR count). The number of aliphatic hydroxyl groups is 1. The zero-order valence-electron chi connectivity index (χ0n) is 15.8. The molecule has 3 aromatic carbocycles. The average Bonchev–Trinajstić information content (AvgIpc) is 3.04. The molecule has 0 fully saturated rings. The first-order chi connectivity index (χ1) is 14.0. The van der Waals surface area contributed by atoms with Crippen LogP contribution < -0.4 is 10.4 Å². The molecule has 0 spiro atoms. The van der Waals surface area contributed by atoms with Crippen molar-refractivity contribution in [1.82, 2.24) is 4.90 Å². The molecule has 2 aliphatic rings. The van der Waals surface area contributed by atoms with Crippen molar-refractivity contribution < 1.29 is 9.90 Å². The van der Waals surface area contributed by atoms with Gasteiger partial charge in [0.05, 0.1) is 0 Å². The number of nitrogens with zero attached hydrogens (tertiary/aromatic N) is 1. The molecule has 0 bridgehead atoms. The summed E-state index contributed by atoms with van der Waals surface area (Å²) in [6.07, 6.45) is 2.35. The molecule has 1 heterocycles. The number of rotatable bonds is 3. The minimum absolute atomic E-state index is 0.0511. The van der Waals surface area contributed by atoms with Gasteiger partial charge in [0.2, 0.25) is 0 Å². The first-order valence-electron chi connectivity index (χ1n) is 9.69. The highest BCUT2D eigenvalue weighted by Gasteiger charge is 2.33. The molecule has 1 unspecified atom stereocenters. The first-order valence-corrected chi connectivity index (χ1v) is 10.1. The molecule has 144 valence electrons. The lowest BCUT2D eigenvalue weighted by molar-refractivity contribution is 0.0786. The van der Waals surface area contributed by atoms with E-state index in [2.05, 4.69) is 6.07 Å². The number of carbonyl (C=O) groups excluding carboxylic acids is 1. The summed E-state index contributed by atoms with van der Waals surface area (Å²) in [6.45, 7) is 1.10. The fourth-order valence-electron chi connectivity index (χ4n) is 4.41. The van der Waals surface area contributed by atoms with Crippen molar-refractivity contribution in [2.24, 2.45) is 0 Å². The van der Waals surface area contributed by atoms with Crippen LogP contribution >= 0.6 is 11.6 Å². The van der Waals surface area contributed by atoms with Crippen LogP contribution in [0.4, 0.5) is 0 Å². The third-order valence-electron chi connectivity index (χ3n) is 5.84. The summed E-state index contributed by atoms with van der Waals surface area (Å²) in [7, 11) is 0. The monoisotopic (exact) mass is 401 g/mol. The predicted molar refractivity (Wildman–Crippen MR) is 115 cm³/mol. The Bertz CT molecular complexity index is 1230. The molecule has 0 aromatic heterocycles. The van der Waals surface area contributed by atoms with Crippen molar-refractivity contribution in [2.75, 3.05) is 6.54 Å². The molecule has 3 aromatic rings. The van der Waals surface area contributed by atoms with E-state index in [1.54, 1.807) is 12.1 Å². The minimum Gasteiger partial charge on any atom is -0.381 e. The van der Waals surface area contributed by atoms with E-state index in [4.69, 9.17) is 11.6 Å². The van der Waals surface area contributed by atoms with Gasteiger partial charge in [-0.1, -0.05) is 66.2 Å². The van der Waals surface area contributed by atoms with Gasteiger partial charge in [-0.15, -0.1) is 0 Å². The Morgan fingerprint density at radius 3 is 2.48 bits per heavy atom. The topological polar surface area (TPSA) is 40.5 Å². The molecule has 0 radical (unpaired) electrons. The van der Waals surface area contributed by atoms with Gasteiger partial charge in [0.15, 0.2) is 0 Å². The van der Waals surface area contributed by atoms with Gasteiger partial charge >= 0.3 is 0 Å². The lowest BCUT2D eigenvalue weighted by Crippen LogP contribution is -2.42. The maximum Gasteiger partial charge on any atom is 0.254 e. The molecule has 4 heteroatoms. The molecule has 1 atom stereocenters. The van der Waals surface area contributed by atoms with E-state index in [-0.39, 0.29) is 5.91 Å². The van der Waals surface area contributed by atoms with Crippen LogP contribution in [0.5, 0.6) is 0 Å². The molecule has 0 saturated heterocycles. The maximum atomic E-state index is 12.9. The van der Waals surface area contributed by atoms with Crippen LogP contribution in [0.3, 0.4) is 0 Å². The Hall–Kier alpha value is -2.88. The number of fused-ring (bicyclic) bond motifs is 2. The van der Waals surface area contributed by atoms with E-state index < -0.39 is 5.60 Å². The Morgan fingerprint density at radius 2 is 1.69 bits per heavy atom. The van der Waals surface area contributed by atoms with Crippen molar-refractivity contribution in [3.63, 3.8) is 0 Å². The van der Waals surface area contributed by atoms with Crippen LogP contribution in [0.1, 0.15) is 27.9 Å². The van der Waals surface area contributed by atoms with Gasteiger partial charge in [0.25, 0.3) is 5.91 Å². The third kappa shape index (κ3) is 3.17. The van der Waals surface area contributed by atoms with Crippen LogP contribution in [0.25, 0.3) is 11.6 Å². The van der Waals surface area contributed by atoms with E-state index in [0.717, 1.165) is 32.7 Å². The van der Waals surface area contributed by atoms with Crippen LogP contribution in [-0.4, -0.2) is 22.5 Å². The maximum absolute atomic E-state index is 12.9. The number of hydrogen-bond donors (Lipinski definition) is 1. The number of hydrogen-bond acceptors (Lipinski definition) is 2. The van der Waals surface area contributed by atoms with Gasteiger partial charge in [-0.05, 0) is 51.4 Å².